The van der Waals surface area contributed by atoms with Crippen LogP contribution in [0.1, 0.15) is 25.7 Å². The number of rotatable bonds is 0. The Balaban J connectivity index is 1.88. The molecule has 2 aliphatic rings. The van der Waals surface area contributed by atoms with Crippen LogP contribution in [-0.4, -0.2) is 38.6 Å². The van der Waals surface area contributed by atoms with Crippen LogP contribution < -0.4 is 0 Å². The van der Waals surface area contributed by atoms with Crippen molar-refractivity contribution in [3.05, 3.63) is 0 Å². The molecule has 2 rings (SSSR count). The van der Waals surface area contributed by atoms with E-state index >= 15 is 0 Å². The van der Waals surface area contributed by atoms with Gasteiger partial charge in [-0.15, -0.1) is 0 Å². The molecule has 3 nitrogen and oxygen atoms in total. The monoisotopic (exact) mass is 186 g/mol. The standard InChI is InChI=1S/C10H18O3/c1-2-4-10-9(3-1)12-7-5-11-6-8-13-10/h9-10H,1-8H2. The lowest BCUT2D eigenvalue weighted by Gasteiger charge is -2.30. The molecule has 0 amide bonds. The van der Waals surface area contributed by atoms with Crippen LogP contribution in [-0.2, 0) is 14.2 Å². The van der Waals surface area contributed by atoms with Crippen molar-refractivity contribution >= 4 is 0 Å². The molecule has 0 spiro atoms. The third-order valence-corrected chi connectivity index (χ3v) is 2.76. The van der Waals surface area contributed by atoms with Crippen molar-refractivity contribution < 1.29 is 14.2 Å². The van der Waals surface area contributed by atoms with Crippen LogP contribution in [0.3, 0.4) is 0 Å². The van der Waals surface area contributed by atoms with Crippen molar-refractivity contribution in [2.75, 3.05) is 26.4 Å². The summed E-state index contributed by atoms with van der Waals surface area (Å²) in [6, 6.07) is 0. The second-order valence-corrected chi connectivity index (χ2v) is 3.72. The zero-order valence-corrected chi connectivity index (χ0v) is 8.04. The van der Waals surface area contributed by atoms with Gasteiger partial charge >= 0.3 is 0 Å². The molecule has 1 heterocycles. The van der Waals surface area contributed by atoms with Gasteiger partial charge in [-0.25, -0.2) is 0 Å². The fourth-order valence-corrected chi connectivity index (χ4v) is 2.06. The Morgan fingerprint density at radius 1 is 0.692 bits per heavy atom. The molecule has 0 aromatic carbocycles. The highest BCUT2D eigenvalue weighted by molar-refractivity contribution is 4.77. The molecule has 0 N–H and O–H groups in total. The van der Waals surface area contributed by atoms with Crippen LogP contribution in [0.2, 0.25) is 0 Å². The lowest BCUT2D eigenvalue weighted by Crippen LogP contribution is -2.35. The SMILES string of the molecule is C1CCC2OCCOCCOC2C1. The lowest BCUT2D eigenvalue weighted by molar-refractivity contribution is -0.0832. The maximum Gasteiger partial charge on any atom is 0.0837 e. The molecule has 2 fully saturated rings. The lowest BCUT2D eigenvalue weighted by atomic mass is 9.94. The Morgan fingerprint density at radius 3 is 1.77 bits per heavy atom. The van der Waals surface area contributed by atoms with E-state index in [4.69, 9.17) is 14.2 Å². The fourth-order valence-electron chi connectivity index (χ4n) is 2.06. The molecule has 2 atom stereocenters. The first kappa shape index (κ1) is 9.44. The van der Waals surface area contributed by atoms with E-state index in [9.17, 15) is 0 Å². The molecule has 0 aromatic rings. The largest absolute Gasteiger partial charge is 0.377 e. The smallest absolute Gasteiger partial charge is 0.0837 e. The van der Waals surface area contributed by atoms with Crippen LogP contribution in [0.25, 0.3) is 0 Å². The maximum absolute atomic E-state index is 5.72. The van der Waals surface area contributed by atoms with Gasteiger partial charge in [-0.3, -0.25) is 0 Å². The molecule has 0 radical (unpaired) electrons. The summed E-state index contributed by atoms with van der Waals surface area (Å²) in [6.07, 6.45) is 5.54. The Labute approximate surface area is 79.4 Å². The highest BCUT2D eigenvalue weighted by Crippen LogP contribution is 2.24. The van der Waals surface area contributed by atoms with Crippen LogP contribution in [0, 0.1) is 0 Å². The van der Waals surface area contributed by atoms with Gasteiger partial charge in [-0.1, -0.05) is 12.8 Å². The Hall–Kier alpha value is -0.120. The van der Waals surface area contributed by atoms with E-state index in [-0.39, 0.29) is 0 Å². The van der Waals surface area contributed by atoms with Gasteiger partial charge in [0, 0.05) is 0 Å². The van der Waals surface area contributed by atoms with Gasteiger partial charge in [-0.05, 0) is 12.8 Å². The van der Waals surface area contributed by atoms with E-state index in [1.165, 1.54) is 12.8 Å². The van der Waals surface area contributed by atoms with Crippen LogP contribution >= 0.6 is 0 Å². The third-order valence-electron chi connectivity index (χ3n) is 2.76. The summed E-state index contributed by atoms with van der Waals surface area (Å²) in [4.78, 5) is 0. The molecule has 0 aromatic heterocycles. The second-order valence-electron chi connectivity index (χ2n) is 3.72. The van der Waals surface area contributed by atoms with Gasteiger partial charge in [0.25, 0.3) is 0 Å². The zero-order valence-electron chi connectivity index (χ0n) is 8.04. The Morgan fingerprint density at radius 2 is 1.23 bits per heavy atom. The summed E-state index contributed by atoms with van der Waals surface area (Å²) in [5.41, 5.74) is 0. The molecule has 0 bridgehead atoms. The predicted molar refractivity (Wildman–Crippen MR) is 48.8 cm³/mol. The van der Waals surface area contributed by atoms with Crippen molar-refractivity contribution in [3.8, 4) is 0 Å². The predicted octanol–water partition coefficient (Wildman–Crippen LogP) is 1.36. The summed E-state index contributed by atoms with van der Waals surface area (Å²) >= 11 is 0. The normalized spacial score (nSPS) is 36.9. The molecule has 76 valence electrons. The van der Waals surface area contributed by atoms with Gasteiger partial charge in [-0.2, -0.15) is 0 Å². The van der Waals surface area contributed by atoms with Crippen LogP contribution in [0.5, 0.6) is 0 Å². The van der Waals surface area contributed by atoms with E-state index in [0.717, 1.165) is 26.1 Å². The van der Waals surface area contributed by atoms with Gasteiger partial charge in [0.2, 0.25) is 0 Å². The number of fused-ring (bicyclic) bond motifs is 1. The molecule has 1 aliphatic heterocycles. The summed E-state index contributed by atoms with van der Waals surface area (Å²) < 4.78 is 16.7. The molecule has 13 heavy (non-hydrogen) atoms. The van der Waals surface area contributed by atoms with E-state index in [1.807, 2.05) is 0 Å². The van der Waals surface area contributed by atoms with Gasteiger partial charge < -0.3 is 14.2 Å². The molecular formula is C10H18O3. The summed E-state index contributed by atoms with van der Waals surface area (Å²) in [6.45, 7) is 2.88. The molecule has 2 unspecified atom stereocenters. The fraction of sp³-hybridized carbons (Fsp3) is 1.00. The Bertz CT molecular complexity index is 133. The minimum absolute atomic E-state index is 0.329. The van der Waals surface area contributed by atoms with Crippen LogP contribution in [0.15, 0.2) is 0 Å². The van der Waals surface area contributed by atoms with E-state index < -0.39 is 0 Å². The van der Waals surface area contributed by atoms with E-state index in [2.05, 4.69) is 0 Å². The first-order valence-electron chi connectivity index (χ1n) is 5.28. The molecule has 1 saturated carbocycles. The minimum Gasteiger partial charge on any atom is -0.377 e. The summed E-state index contributed by atoms with van der Waals surface area (Å²) in [5.74, 6) is 0. The van der Waals surface area contributed by atoms with E-state index in [0.29, 0.717) is 25.4 Å². The summed E-state index contributed by atoms with van der Waals surface area (Å²) in [5, 5.41) is 0. The highest BCUT2D eigenvalue weighted by Gasteiger charge is 2.26. The first-order chi connectivity index (χ1) is 6.47. The highest BCUT2D eigenvalue weighted by atomic mass is 16.6. The summed E-state index contributed by atoms with van der Waals surface area (Å²) in [7, 11) is 0. The second kappa shape index (κ2) is 4.94. The zero-order chi connectivity index (χ0) is 8.93. The quantitative estimate of drug-likeness (QED) is 0.571. The van der Waals surface area contributed by atoms with Gasteiger partial charge in [0.1, 0.15) is 0 Å². The van der Waals surface area contributed by atoms with E-state index in [1.54, 1.807) is 0 Å². The first-order valence-corrected chi connectivity index (χ1v) is 5.28. The maximum atomic E-state index is 5.72. The number of hydrogen-bond donors (Lipinski definition) is 0. The van der Waals surface area contributed by atoms with Crippen molar-refractivity contribution in [2.45, 2.75) is 37.9 Å². The molecule has 3 heteroatoms. The minimum atomic E-state index is 0.329. The molecule has 1 aliphatic carbocycles. The van der Waals surface area contributed by atoms with Gasteiger partial charge in [0.15, 0.2) is 0 Å². The van der Waals surface area contributed by atoms with Gasteiger partial charge in [0.05, 0.1) is 38.6 Å². The van der Waals surface area contributed by atoms with Crippen LogP contribution in [0.4, 0.5) is 0 Å². The van der Waals surface area contributed by atoms with Crippen molar-refractivity contribution in [3.63, 3.8) is 0 Å². The Kier molecular flexibility index (Phi) is 3.58. The third kappa shape index (κ3) is 2.66. The topological polar surface area (TPSA) is 27.7 Å². The van der Waals surface area contributed by atoms with Crippen molar-refractivity contribution in [2.24, 2.45) is 0 Å². The average molecular weight is 186 g/mol. The molecular weight excluding hydrogens is 168 g/mol. The number of hydrogen-bond acceptors (Lipinski definition) is 3. The van der Waals surface area contributed by atoms with Crippen molar-refractivity contribution in [1.29, 1.82) is 0 Å². The number of ether oxygens (including phenoxy) is 3. The van der Waals surface area contributed by atoms with Crippen molar-refractivity contribution in [1.82, 2.24) is 0 Å². The average Bonchev–Trinajstić information content (AvgIpc) is 2.28. The molecule has 1 saturated heterocycles.